The molecule has 3 aliphatic rings. The van der Waals surface area contributed by atoms with Crippen molar-refractivity contribution in [2.24, 2.45) is 0 Å². The minimum absolute atomic E-state index is 0.0773. The second-order valence-corrected chi connectivity index (χ2v) is 10.6. The SMILES string of the molecule is C=CC(=O)N1CCN(c2c(C#N)c(OC[C@@H]3CCCN3C)nc3c2CCN(c2c(O)cccc2F)C3)C[C@@H]1C. The maximum absolute atomic E-state index is 14.7. The number of carbonyl (C=O) groups is 1. The van der Waals surface area contributed by atoms with Crippen LogP contribution in [-0.2, 0) is 17.8 Å². The predicted octanol–water partition coefficient (Wildman–Crippen LogP) is 3.06. The number of phenolic OH excluding ortho intramolecular Hbond substituents is 1. The fraction of sp³-hybridized carbons (Fsp3) is 0.483. The third kappa shape index (κ3) is 5.11. The number of nitriles is 1. The van der Waals surface area contributed by atoms with Crippen molar-refractivity contribution in [1.29, 1.82) is 5.26 Å². The Morgan fingerprint density at radius 2 is 2.10 bits per heavy atom. The van der Waals surface area contributed by atoms with Crippen LogP contribution in [0, 0.1) is 17.1 Å². The molecule has 0 aliphatic carbocycles. The van der Waals surface area contributed by atoms with Crippen LogP contribution >= 0.6 is 0 Å². The Bertz CT molecular complexity index is 1290. The molecule has 1 N–H and O–H groups in total. The molecule has 3 aliphatic heterocycles. The first-order chi connectivity index (χ1) is 18.8. The number of benzene rings is 1. The van der Waals surface area contributed by atoms with E-state index in [-0.39, 0.29) is 41.9 Å². The van der Waals surface area contributed by atoms with Crippen molar-refractivity contribution < 1.29 is 19.0 Å². The van der Waals surface area contributed by atoms with Gasteiger partial charge in [-0.2, -0.15) is 5.26 Å². The maximum atomic E-state index is 14.7. The maximum Gasteiger partial charge on any atom is 0.246 e. The summed E-state index contributed by atoms with van der Waals surface area (Å²) in [5, 5.41) is 20.8. The fourth-order valence-corrected chi connectivity index (χ4v) is 6.07. The number of likely N-dealkylation sites (N-methyl/N-ethyl adjacent to an activating group) is 1. The average Bonchev–Trinajstić information content (AvgIpc) is 3.34. The zero-order valence-electron chi connectivity index (χ0n) is 22.6. The van der Waals surface area contributed by atoms with Crippen LogP contribution in [0.3, 0.4) is 0 Å². The Kier molecular flexibility index (Phi) is 7.62. The molecule has 0 radical (unpaired) electrons. The molecule has 1 aromatic carbocycles. The van der Waals surface area contributed by atoms with Crippen LogP contribution in [0.15, 0.2) is 30.9 Å². The number of aromatic nitrogens is 1. The zero-order valence-corrected chi connectivity index (χ0v) is 22.6. The first-order valence-electron chi connectivity index (χ1n) is 13.5. The number of rotatable bonds is 6. The number of carbonyl (C=O) groups excluding carboxylic acids is 1. The number of pyridine rings is 1. The third-order valence-electron chi connectivity index (χ3n) is 8.17. The van der Waals surface area contributed by atoms with E-state index in [1.54, 1.807) is 9.80 Å². The number of likely N-dealkylation sites (tertiary alicyclic amines) is 1. The molecule has 10 heteroatoms. The molecule has 0 spiro atoms. The summed E-state index contributed by atoms with van der Waals surface area (Å²) in [6, 6.07) is 6.82. The van der Waals surface area contributed by atoms with Gasteiger partial charge in [-0.3, -0.25) is 4.79 Å². The average molecular weight is 535 g/mol. The molecule has 1 amide bonds. The van der Waals surface area contributed by atoms with Crippen molar-refractivity contribution in [2.75, 3.05) is 56.2 Å². The number of nitrogens with zero attached hydrogens (tertiary/aromatic N) is 6. The lowest BCUT2D eigenvalue weighted by Crippen LogP contribution is -2.54. The van der Waals surface area contributed by atoms with Crippen molar-refractivity contribution in [3.05, 3.63) is 53.5 Å². The highest BCUT2D eigenvalue weighted by Gasteiger charge is 2.34. The van der Waals surface area contributed by atoms with E-state index in [9.17, 15) is 19.6 Å². The summed E-state index contributed by atoms with van der Waals surface area (Å²) >= 11 is 0. The molecule has 5 rings (SSSR count). The zero-order chi connectivity index (χ0) is 27.7. The van der Waals surface area contributed by atoms with Gasteiger partial charge in [0.25, 0.3) is 0 Å². The van der Waals surface area contributed by atoms with E-state index in [2.05, 4.69) is 29.5 Å². The lowest BCUT2D eigenvalue weighted by Gasteiger charge is -2.42. The molecule has 2 saturated heterocycles. The lowest BCUT2D eigenvalue weighted by atomic mass is 9.97. The largest absolute Gasteiger partial charge is 0.506 e. The van der Waals surface area contributed by atoms with Gasteiger partial charge in [0.2, 0.25) is 11.8 Å². The normalized spacial score (nSPS) is 21.4. The van der Waals surface area contributed by atoms with E-state index in [0.29, 0.717) is 50.5 Å². The van der Waals surface area contributed by atoms with E-state index in [1.807, 2.05) is 6.92 Å². The summed E-state index contributed by atoms with van der Waals surface area (Å²) in [5.41, 5.74) is 2.96. The summed E-state index contributed by atoms with van der Waals surface area (Å²) in [7, 11) is 2.07. The topological polar surface area (TPSA) is 96.2 Å². The van der Waals surface area contributed by atoms with Gasteiger partial charge in [0.1, 0.15) is 35.5 Å². The Balaban J connectivity index is 1.53. The van der Waals surface area contributed by atoms with Crippen LogP contribution in [-0.4, -0.2) is 84.3 Å². The number of fused-ring (bicyclic) bond motifs is 1. The van der Waals surface area contributed by atoms with Gasteiger partial charge in [0.05, 0.1) is 17.9 Å². The predicted molar refractivity (Wildman–Crippen MR) is 147 cm³/mol. The van der Waals surface area contributed by atoms with E-state index >= 15 is 0 Å². The van der Waals surface area contributed by atoms with Gasteiger partial charge in [-0.1, -0.05) is 12.6 Å². The first-order valence-corrected chi connectivity index (χ1v) is 13.5. The lowest BCUT2D eigenvalue weighted by molar-refractivity contribution is -0.128. The molecule has 0 bridgehead atoms. The van der Waals surface area contributed by atoms with Gasteiger partial charge in [0, 0.05) is 43.8 Å². The number of hydrogen-bond acceptors (Lipinski definition) is 8. The highest BCUT2D eigenvalue weighted by Crippen LogP contribution is 2.40. The quantitative estimate of drug-likeness (QED) is 0.565. The summed E-state index contributed by atoms with van der Waals surface area (Å²) in [5.74, 6) is -0.442. The van der Waals surface area contributed by atoms with Crippen LogP contribution in [0.1, 0.15) is 36.6 Å². The summed E-state index contributed by atoms with van der Waals surface area (Å²) < 4.78 is 21.0. The van der Waals surface area contributed by atoms with Gasteiger partial charge < -0.3 is 29.4 Å². The van der Waals surface area contributed by atoms with Crippen molar-refractivity contribution in [3.63, 3.8) is 0 Å². The Labute approximate surface area is 228 Å². The number of ether oxygens (including phenoxy) is 1. The highest BCUT2D eigenvalue weighted by molar-refractivity contribution is 5.87. The number of aromatic hydroxyl groups is 1. The molecule has 9 nitrogen and oxygen atoms in total. The molecule has 0 saturated carbocycles. The molecule has 39 heavy (non-hydrogen) atoms. The standard InChI is InChI=1S/C29H35FN6O3/c1-4-26(38)36-14-13-35(16-19(36)2)27-21-10-12-34(28-23(30)8-5-9-25(28)37)17-24(21)32-29(22(27)15-31)39-18-20-7-6-11-33(20)3/h4-5,8-9,19-20,37H,1,6-7,10-14,16-18H2,2-3H3/t19-,20-/m0/s1. The number of halogens is 1. The van der Waals surface area contributed by atoms with Gasteiger partial charge in [-0.05, 0) is 58.0 Å². The molecule has 1 aromatic heterocycles. The summed E-state index contributed by atoms with van der Waals surface area (Å²) in [6.07, 6.45) is 3.98. The van der Waals surface area contributed by atoms with E-state index in [0.717, 1.165) is 30.6 Å². The second-order valence-electron chi connectivity index (χ2n) is 10.6. The van der Waals surface area contributed by atoms with E-state index < -0.39 is 5.82 Å². The molecule has 0 unspecified atom stereocenters. The van der Waals surface area contributed by atoms with Gasteiger partial charge in [0.15, 0.2) is 0 Å². The number of para-hydroxylation sites is 1. The van der Waals surface area contributed by atoms with Crippen LogP contribution in [0.2, 0.25) is 0 Å². The Morgan fingerprint density at radius 1 is 1.28 bits per heavy atom. The smallest absolute Gasteiger partial charge is 0.246 e. The fourth-order valence-electron chi connectivity index (χ4n) is 6.07. The van der Waals surface area contributed by atoms with Crippen LogP contribution < -0.4 is 14.5 Å². The van der Waals surface area contributed by atoms with Crippen molar-refractivity contribution >= 4 is 17.3 Å². The highest BCUT2D eigenvalue weighted by atomic mass is 19.1. The van der Waals surface area contributed by atoms with Crippen molar-refractivity contribution in [2.45, 2.75) is 44.8 Å². The Morgan fingerprint density at radius 3 is 2.77 bits per heavy atom. The summed E-state index contributed by atoms with van der Waals surface area (Å²) in [4.78, 5) is 25.1. The van der Waals surface area contributed by atoms with Crippen molar-refractivity contribution in [1.82, 2.24) is 14.8 Å². The van der Waals surface area contributed by atoms with E-state index in [4.69, 9.17) is 9.72 Å². The number of amides is 1. The number of anilines is 2. The van der Waals surface area contributed by atoms with Gasteiger partial charge in [-0.25, -0.2) is 9.37 Å². The molecular weight excluding hydrogens is 499 g/mol. The molecule has 2 aromatic rings. The minimum atomic E-state index is -0.495. The molecule has 2 fully saturated rings. The van der Waals surface area contributed by atoms with Gasteiger partial charge in [-0.15, -0.1) is 0 Å². The molecular formula is C29H35FN6O3. The van der Waals surface area contributed by atoms with Crippen LogP contribution in [0.5, 0.6) is 11.6 Å². The summed E-state index contributed by atoms with van der Waals surface area (Å²) in [6.45, 7) is 9.38. The second kappa shape index (κ2) is 11.1. The van der Waals surface area contributed by atoms with Crippen molar-refractivity contribution in [3.8, 4) is 17.7 Å². The van der Waals surface area contributed by atoms with Crippen LogP contribution in [0.25, 0.3) is 0 Å². The van der Waals surface area contributed by atoms with E-state index in [1.165, 1.54) is 24.3 Å². The number of piperazine rings is 1. The Hall–Kier alpha value is -3.84. The number of phenols is 1. The number of hydrogen-bond donors (Lipinski definition) is 1. The van der Waals surface area contributed by atoms with Crippen LogP contribution in [0.4, 0.5) is 15.8 Å². The molecule has 206 valence electrons. The minimum Gasteiger partial charge on any atom is -0.506 e. The monoisotopic (exact) mass is 534 g/mol. The first kappa shape index (κ1) is 26.8. The molecule has 4 heterocycles. The van der Waals surface area contributed by atoms with Gasteiger partial charge >= 0.3 is 0 Å². The third-order valence-corrected chi connectivity index (χ3v) is 8.17. The molecule has 2 atom stereocenters.